The van der Waals surface area contributed by atoms with E-state index in [1.165, 1.54) is 12.0 Å². The predicted molar refractivity (Wildman–Crippen MR) is 102 cm³/mol. The summed E-state index contributed by atoms with van der Waals surface area (Å²) in [5.41, 5.74) is 3.43. The van der Waals surface area contributed by atoms with Crippen molar-refractivity contribution in [2.24, 2.45) is 0 Å². The van der Waals surface area contributed by atoms with Crippen molar-refractivity contribution in [1.82, 2.24) is 4.90 Å². The highest BCUT2D eigenvalue weighted by Crippen LogP contribution is 2.28. The molecule has 1 aliphatic carbocycles. The Labute approximate surface area is 151 Å². The van der Waals surface area contributed by atoms with E-state index in [9.17, 15) is 10.1 Å². The lowest BCUT2D eigenvalue weighted by Crippen LogP contribution is -2.39. The second-order valence-electron chi connectivity index (χ2n) is 7.22. The second-order valence-corrected chi connectivity index (χ2v) is 7.22. The Morgan fingerprint density at radius 3 is 2.60 bits per heavy atom. The monoisotopic (exact) mass is 339 g/mol. The molecule has 0 unspecified atom stereocenters. The van der Waals surface area contributed by atoms with Gasteiger partial charge >= 0.3 is 0 Å². The number of amides is 1. The van der Waals surface area contributed by atoms with Crippen molar-refractivity contribution < 1.29 is 4.79 Å². The molecule has 4 heteroatoms. The average Bonchev–Trinajstić information content (AvgIpc) is 2.62. The van der Waals surface area contributed by atoms with E-state index in [4.69, 9.17) is 0 Å². The van der Waals surface area contributed by atoms with Crippen LogP contribution in [0.2, 0.25) is 0 Å². The summed E-state index contributed by atoms with van der Waals surface area (Å²) < 4.78 is 0. The van der Waals surface area contributed by atoms with Gasteiger partial charge in [-0.3, -0.25) is 4.79 Å². The number of nitrogens with one attached hydrogen (secondary N) is 1. The summed E-state index contributed by atoms with van der Waals surface area (Å²) in [7, 11) is 1.82. The van der Waals surface area contributed by atoms with Gasteiger partial charge in [-0.1, -0.05) is 51.3 Å². The first-order valence-electron chi connectivity index (χ1n) is 9.19. The Morgan fingerprint density at radius 1 is 1.32 bits per heavy atom. The van der Waals surface area contributed by atoms with Crippen LogP contribution in [0.4, 0.5) is 5.69 Å². The van der Waals surface area contributed by atoms with Crippen molar-refractivity contribution in [3.8, 4) is 6.07 Å². The molecular formula is C21H29N3O. The maximum atomic E-state index is 12.7. The van der Waals surface area contributed by atoms with E-state index in [1.807, 2.05) is 26.1 Å². The van der Waals surface area contributed by atoms with Crippen LogP contribution >= 0.6 is 0 Å². The smallest absolute Gasteiger partial charge is 0.266 e. The van der Waals surface area contributed by atoms with Crippen molar-refractivity contribution in [1.29, 1.82) is 5.26 Å². The quantitative estimate of drug-likeness (QED) is 0.623. The zero-order valence-electron chi connectivity index (χ0n) is 15.8. The van der Waals surface area contributed by atoms with Crippen LogP contribution in [0.1, 0.15) is 63.0 Å². The molecule has 4 nitrogen and oxygen atoms in total. The van der Waals surface area contributed by atoms with Crippen LogP contribution in [0, 0.1) is 18.3 Å². The van der Waals surface area contributed by atoms with Crippen LogP contribution in [-0.4, -0.2) is 23.9 Å². The Kier molecular flexibility index (Phi) is 6.64. The first kappa shape index (κ1) is 19.1. The van der Waals surface area contributed by atoms with Gasteiger partial charge in [0.25, 0.3) is 5.91 Å². The maximum Gasteiger partial charge on any atom is 0.266 e. The van der Waals surface area contributed by atoms with Crippen LogP contribution in [0.15, 0.2) is 30.0 Å². The molecule has 1 fully saturated rings. The van der Waals surface area contributed by atoms with Gasteiger partial charge in [0.15, 0.2) is 0 Å². The van der Waals surface area contributed by atoms with E-state index in [1.54, 1.807) is 11.1 Å². The number of likely N-dealkylation sites (N-methyl/N-ethyl adjacent to an activating group) is 1. The van der Waals surface area contributed by atoms with Gasteiger partial charge in [0.05, 0.1) is 0 Å². The summed E-state index contributed by atoms with van der Waals surface area (Å²) in [6.45, 7) is 6.30. The number of benzene rings is 1. The van der Waals surface area contributed by atoms with Crippen LogP contribution < -0.4 is 5.32 Å². The number of carbonyl (C=O) groups excluding carboxylic acids is 1. The highest BCUT2D eigenvalue weighted by Gasteiger charge is 2.24. The third kappa shape index (κ3) is 4.63. The number of carbonyl (C=O) groups is 1. The Bertz CT molecular complexity index is 679. The van der Waals surface area contributed by atoms with E-state index in [-0.39, 0.29) is 17.5 Å². The zero-order valence-corrected chi connectivity index (χ0v) is 15.8. The number of hydrogen-bond acceptors (Lipinski definition) is 3. The number of anilines is 1. The lowest BCUT2D eigenvalue weighted by Gasteiger charge is -2.31. The Morgan fingerprint density at radius 2 is 2.00 bits per heavy atom. The Balaban J connectivity index is 2.18. The fourth-order valence-corrected chi connectivity index (χ4v) is 3.48. The molecule has 1 saturated carbocycles. The van der Waals surface area contributed by atoms with Gasteiger partial charge in [0, 0.05) is 25.0 Å². The summed E-state index contributed by atoms with van der Waals surface area (Å²) in [6.07, 6.45) is 7.19. The molecule has 0 aromatic heterocycles. The van der Waals surface area contributed by atoms with Crippen molar-refractivity contribution in [3.63, 3.8) is 0 Å². The fourth-order valence-electron chi connectivity index (χ4n) is 3.48. The van der Waals surface area contributed by atoms with E-state index >= 15 is 0 Å². The lowest BCUT2D eigenvalue weighted by atomic mass is 9.94. The number of rotatable bonds is 5. The van der Waals surface area contributed by atoms with Crippen LogP contribution in [0.3, 0.4) is 0 Å². The summed E-state index contributed by atoms with van der Waals surface area (Å²) in [4.78, 5) is 14.4. The standard InChI is InChI=1S/C21H29N3O/c1-15(2)19-12-8-9-16(3)20(19)23-14-17(13-22)21(25)24(4)18-10-6-5-7-11-18/h8-9,12,14-15,18,23H,5-7,10-11H2,1-4H3/b17-14-. The van der Waals surface area contributed by atoms with Crippen molar-refractivity contribution in [3.05, 3.63) is 41.1 Å². The number of aryl methyl sites for hydroxylation is 1. The highest BCUT2D eigenvalue weighted by atomic mass is 16.2. The maximum absolute atomic E-state index is 12.7. The van der Waals surface area contributed by atoms with Gasteiger partial charge in [-0.15, -0.1) is 0 Å². The fraction of sp³-hybridized carbons (Fsp3) is 0.524. The van der Waals surface area contributed by atoms with Crippen molar-refractivity contribution in [2.75, 3.05) is 12.4 Å². The summed E-state index contributed by atoms with van der Waals surface area (Å²) in [6, 6.07) is 8.47. The SMILES string of the molecule is Cc1cccc(C(C)C)c1N/C=C(/C#N)C(=O)N(C)C1CCCCC1. The number of para-hydroxylation sites is 1. The molecule has 0 saturated heterocycles. The minimum absolute atomic E-state index is 0.158. The number of nitriles is 1. The molecule has 134 valence electrons. The van der Waals surface area contributed by atoms with Gasteiger partial charge < -0.3 is 10.2 Å². The largest absolute Gasteiger partial charge is 0.360 e. The second kappa shape index (κ2) is 8.71. The molecule has 0 radical (unpaired) electrons. The van der Waals surface area contributed by atoms with E-state index < -0.39 is 0 Å². The minimum atomic E-state index is -0.193. The van der Waals surface area contributed by atoms with E-state index in [2.05, 4.69) is 31.3 Å². The summed E-state index contributed by atoms with van der Waals surface area (Å²) >= 11 is 0. The third-order valence-electron chi connectivity index (χ3n) is 5.08. The molecule has 0 atom stereocenters. The topological polar surface area (TPSA) is 56.1 Å². The molecule has 1 aliphatic rings. The average molecular weight is 339 g/mol. The van der Waals surface area contributed by atoms with Crippen LogP contribution in [0.25, 0.3) is 0 Å². The third-order valence-corrected chi connectivity index (χ3v) is 5.08. The molecule has 1 aromatic rings. The zero-order chi connectivity index (χ0) is 18.4. The molecular weight excluding hydrogens is 310 g/mol. The lowest BCUT2D eigenvalue weighted by molar-refractivity contribution is -0.128. The number of nitrogens with zero attached hydrogens (tertiary/aromatic N) is 2. The molecule has 1 amide bonds. The molecule has 2 rings (SSSR count). The highest BCUT2D eigenvalue weighted by molar-refractivity contribution is 5.97. The van der Waals surface area contributed by atoms with E-state index in [0.717, 1.165) is 36.9 Å². The minimum Gasteiger partial charge on any atom is -0.360 e. The predicted octanol–water partition coefficient (Wildman–Crippen LogP) is 4.73. The first-order valence-corrected chi connectivity index (χ1v) is 9.19. The van der Waals surface area contributed by atoms with Gasteiger partial charge in [-0.25, -0.2) is 0 Å². The van der Waals surface area contributed by atoms with Crippen molar-refractivity contribution >= 4 is 11.6 Å². The molecule has 1 aromatic carbocycles. The molecule has 0 heterocycles. The molecule has 0 spiro atoms. The number of hydrogen-bond donors (Lipinski definition) is 1. The van der Waals surface area contributed by atoms with Gasteiger partial charge in [-0.2, -0.15) is 5.26 Å². The van der Waals surface area contributed by atoms with Crippen LogP contribution in [-0.2, 0) is 4.79 Å². The molecule has 0 aliphatic heterocycles. The van der Waals surface area contributed by atoms with Crippen LogP contribution in [0.5, 0.6) is 0 Å². The summed E-state index contributed by atoms with van der Waals surface area (Å²) in [5, 5.41) is 12.7. The molecule has 25 heavy (non-hydrogen) atoms. The van der Waals surface area contributed by atoms with Gasteiger partial charge in [0.2, 0.25) is 0 Å². The molecule has 0 bridgehead atoms. The van der Waals surface area contributed by atoms with Crippen molar-refractivity contribution in [2.45, 2.75) is 64.8 Å². The Hall–Kier alpha value is -2.28. The van der Waals surface area contributed by atoms with E-state index in [0.29, 0.717) is 5.92 Å². The first-order chi connectivity index (χ1) is 12.0. The normalized spacial score (nSPS) is 15.8. The van der Waals surface area contributed by atoms with Gasteiger partial charge in [-0.05, 0) is 36.8 Å². The van der Waals surface area contributed by atoms with Gasteiger partial charge in [0.1, 0.15) is 11.6 Å². The molecule has 1 N–H and O–H groups in total. The summed E-state index contributed by atoms with van der Waals surface area (Å²) in [5.74, 6) is 0.170.